The van der Waals surface area contributed by atoms with E-state index in [-0.39, 0.29) is 6.04 Å². The van der Waals surface area contributed by atoms with Gasteiger partial charge in [0.15, 0.2) is 5.11 Å². The largest absolute Gasteiger partial charge is 0.489 e. The molecule has 2 aromatic rings. The molecule has 3 N–H and O–H groups in total. The van der Waals surface area contributed by atoms with Crippen LogP contribution in [0.25, 0.3) is 0 Å². The van der Waals surface area contributed by atoms with Crippen molar-refractivity contribution in [1.29, 1.82) is 0 Å². The third-order valence-electron chi connectivity index (χ3n) is 4.39. The summed E-state index contributed by atoms with van der Waals surface area (Å²) < 4.78 is 6.16. The van der Waals surface area contributed by atoms with Crippen molar-refractivity contribution < 1.29 is 4.74 Å². The highest BCUT2D eigenvalue weighted by Crippen LogP contribution is 2.31. The van der Waals surface area contributed by atoms with Gasteiger partial charge in [0, 0.05) is 12.1 Å². The van der Waals surface area contributed by atoms with Crippen molar-refractivity contribution in [2.45, 2.75) is 26.5 Å². The van der Waals surface area contributed by atoms with Crippen molar-refractivity contribution in [2.75, 3.05) is 19.6 Å². The van der Waals surface area contributed by atoms with Gasteiger partial charge in [-0.05, 0) is 49.4 Å². The maximum Gasteiger partial charge on any atom is 0.163 e. The van der Waals surface area contributed by atoms with Gasteiger partial charge in [0.05, 0.1) is 6.04 Å². The molecule has 0 fully saturated rings. The fourth-order valence-corrected chi connectivity index (χ4v) is 3.11. The summed E-state index contributed by atoms with van der Waals surface area (Å²) in [4.78, 5) is 2.36. The van der Waals surface area contributed by atoms with E-state index in [9.17, 15) is 0 Å². The summed E-state index contributed by atoms with van der Waals surface area (Å²) >= 11 is 5.00. The van der Waals surface area contributed by atoms with Gasteiger partial charge in [-0.2, -0.15) is 0 Å². The van der Waals surface area contributed by atoms with Gasteiger partial charge in [-0.3, -0.25) is 4.90 Å². The average Bonchev–Trinajstić information content (AvgIpc) is 2.65. The monoisotopic (exact) mass is 370 g/mol. The highest BCUT2D eigenvalue weighted by molar-refractivity contribution is 7.80. The molecule has 0 aliphatic carbocycles. The number of benzene rings is 2. The third-order valence-corrected chi connectivity index (χ3v) is 4.54. The third kappa shape index (κ3) is 5.71. The van der Waals surface area contributed by atoms with Gasteiger partial charge in [-0.1, -0.05) is 56.3 Å². The number of likely N-dealkylation sites (N-methyl/N-ethyl adjacent to an activating group) is 1. The van der Waals surface area contributed by atoms with E-state index in [1.807, 2.05) is 30.3 Å². The van der Waals surface area contributed by atoms with Crippen molar-refractivity contribution >= 4 is 17.3 Å². The Balaban J connectivity index is 2.29. The molecule has 0 saturated heterocycles. The van der Waals surface area contributed by atoms with E-state index >= 15 is 0 Å². The zero-order chi connectivity index (χ0) is 18.9. The van der Waals surface area contributed by atoms with E-state index < -0.39 is 0 Å². The van der Waals surface area contributed by atoms with E-state index in [4.69, 9.17) is 22.7 Å². The fraction of sp³-hybridized carbons (Fsp3) is 0.333. The summed E-state index contributed by atoms with van der Waals surface area (Å²) in [6.45, 7) is 11.4. The van der Waals surface area contributed by atoms with Crippen molar-refractivity contribution in [3.8, 4) is 5.75 Å². The zero-order valence-corrected chi connectivity index (χ0v) is 16.4. The van der Waals surface area contributed by atoms with Crippen LogP contribution >= 0.6 is 12.2 Å². The van der Waals surface area contributed by atoms with Gasteiger partial charge in [0.25, 0.3) is 0 Å². The Morgan fingerprint density at radius 3 is 2.50 bits per heavy atom. The molecule has 2 rings (SSSR count). The number of thiocarbonyl (C=S) groups is 1. The smallest absolute Gasteiger partial charge is 0.163 e. The molecule has 0 saturated carbocycles. The molecule has 0 aromatic heterocycles. The van der Waals surface area contributed by atoms with E-state index in [1.165, 1.54) is 0 Å². The summed E-state index contributed by atoms with van der Waals surface area (Å²) in [5, 5.41) is 3.41. The Morgan fingerprint density at radius 2 is 1.88 bits per heavy atom. The molecule has 5 heteroatoms. The zero-order valence-electron chi connectivity index (χ0n) is 15.6. The predicted octanol–water partition coefficient (Wildman–Crippen LogP) is 3.66. The van der Waals surface area contributed by atoms with Crippen LogP contribution in [-0.2, 0) is 6.61 Å². The van der Waals surface area contributed by atoms with Crippen molar-refractivity contribution in [2.24, 2.45) is 5.73 Å². The first-order valence-corrected chi connectivity index (χ1v) is 9.36. The first kappa shape index (κ1) is 20.2. The van der Waals surface area contributed by atoms with E-state index in [1.54, 1.807) is 0 Å². The minimum atomic E-state index is 0.0963. The second-order valence-corrected chi connectivity index (χ2v) is 6.57. The van der Waals surface area contributed by atoms with Crippen molar-refractivity contribution in [1.82, 2.24) is 10.2 Å². The van der Waals surface area contributed by atoms with Gasteiger partial charge >= 0.3 is 0 Å². The van der Waals surface area contributed by atoms with Crippen LogP contribution in [0, 0.1) is 6.92 Å². The maximum atomic E-state index is 6.16. The van der Waals surface area contributed by atoms with Crippen LogP contribution in [0.2, 0.25) is 0 Å². The standard InChI is InChI=1S/C21H28N3OS/c1-4-24(5-2)19(14-23-21(22)26)18-13-16(3)11-12-20(18)25-15-17-9-7-6-8-10-17/h6-13,19H,3-5,14-15H2,1-2H3,(H3,22,23,26). The minimum Gasteiger partial charge on any atom is -0.489 e. The van der Waals surface area contributed by atoms with Crippen LogP contribution < -0.4 is 15.8 Å². The van der Waals surface area contributed by atoms with Gasteiger partial charge in [-0.15, -0.1) is 0 Å². The lowest BCUT2D eigenvalue weighted by Crippen LogP contribution is -2.40. The second-order valence-electron chi connectivity index (χ2n) is 6.13. The molecule has 139 valence electrons. The number of nitrogens with zero attached hydrogens (tertiary/aromatic N) is 1. The van der Waals surface area contributed by atoms with E-state index in [0.29, 0.717) is 18.3 Å². The molecular weight excluding hydrogens is 342 g/mol. The van der Waals surface area contributed by atoms with Crippen molar-refractivity contribution in [3.05, 3.63) is 72.1 Å². The summed E-state index contributed by atoms with van der Waals surface area (Å²) in [6, 6.07) is 16.3. The average molecular weight is 371 g/mol. The lowest BCUT2D eigenvalue weighted by Gasteiger charge is -2.31. The number of rotatable bonds is 9. The van der Waals surface area contributed by atoms with Crippen LogP contribution in [0.1, 0.15) is 36.6 Å². The number of nitrogens with one attached hydrogen (secondary N) is 1. The Kier molecular flexibility index (Phi) is 7.88. The molecule has 1 radical (unpaired) electrons. The van der Waals surface area contributed by atoms with Crippen LogP contribution in [0.3, 0.4) is 0 Å². The molecule has 0 aliphatic rings. The molecule has 0 heterocycles. The molecule has 4 nitrogen and oxygen atoms in total. The van der Waals surface area contributed by atoms with Gasteiger partial charge < -0.3 is 15.8 Å². The number of ether oxygens (including phenoxy) is 1. The summed E-state index contributed by atoms with van der Waals surface area (Å²) in [5.74, 6) is 0.864. The lowest BCUT2D eigenvalue weighted by atomic mass is 10.0. The minimum absolute atomic E-state index is 0.0963. The number of nitrogens with two attached hydrogens (primary N) is 1. The fourth-order valence-electron chi connectivity index (χ4n) is 3.02. The molecule has 0 aliphatic heterocycles. The first-order valence-electron chi connectivity index (χ1n) is 8.95. The van der Waals surface area contributed by atoms with Gasteiger partial charge in [0.1, 0.15) is 12.4 Å². The second kappa shape index (κ2) is 10.1. The quantitative estimate of drug-likeness (QED) is 0.660. The van der Waals surface area contributed by atoms with Crippen LogP contribution in [0.15, 0.2) is 48.5 Å². The Hall–Kier alpha value is -2.11. The molecule has 0 spiro atoms. The summed E-state index contributed by atoms with van der Waals surface area (Å²) in [7, 11) is 0. The molecule has 1 unspecified atom stereocenters. The first-order chi connectivity index (χ1) is 12.5. The van der Waals surface area contributed by atoms with Crippen LogP contribution in [0.5, 0.6) is 5.75 Å². The molecule has 0 bridgehead atoms. The molecule has 26 heavy (non-hydrogen) atoms. The molecule has 1 atom stereocenters. The predicted molar refractivity (Wildman–Crippen MR) is 112 cm³/mol. The summed E-state index contributed by atoms with van der Waals surface area (Å²) in [6.07, 6.45) is 0. The van der Waals surface area contributed by atoms with E-state index in [0.717, 1.165) is 35.5 Å². The number of hydrogen-bond donors (Lipinski definition) is 2. The van der Waals surface area contributed by atoms with Gasteiger partial charge in [-0.25, -0.2) is 0 Å². The highest BCUT2D eigenvalue weighted by atomic mass is 32.1. The topological polar surface area (TPSA) is 50.5 Å². The number of hydrogen-bond acceptors (Lipinski definition) is 3. The summed E-state index contributed by atoms with van der Waals surface area (Å²) in [5.41, 5.74) is 8.86. The SMILES string of the molecule is [CH2]c1ccc(OCc2ccccc2)c(C(CNC(N)=S)N(CC)CC)c1. The van der Waals surface area contributed by atoms with Crippen LogP contribution in [0.4, 0.5) is 0 Å². The normalized spacial score (nSPS) is 12.0. The molecule has 2 aromatic carbocycles. The molecular formula is C21H28N3OS. The Labute approximate surface area is 162 Å². The highest BCUT2D eigenvalue weighted by Gasteiger charge is 2.22. The maximum absolute atomic E-state index is 6.16. The van der Waals surface area contributed by atoms with Crippen molar-refractivity contribution in [3.63, 3.8) is 0 Å². The Bertz CT molecular complexity index is 702. The van der Waals surface area contributed by atoms with E-state index in [2.05, 4.69) is 49.2 Å². The molecule has 0 amide bonds. The lowest BCUT2D eigenvalue weighted by molar-refractivity contribution is 0.210. The Morgan fingerprint density at radius 1 is 1.19 bits per heavy atom. The van der Waals surface area contributed by atoms with Crippen LogP contribution in [-0.4, -0.2) is 29.6 Å². The van der Waals surface area contributed by atoms with Gasteiger partial charge in [0.2, 0.25) is 0 Å².